The Balaban J connectivity index is 1.48. The molecule has 0 radical (unpaired) electrons. The summed E-state index contributed by atoms with van der Waals surface area (Å²) in [7, 11) is 0. The number of nitrogens with zero attached hydrogens (tertiary/aromatic N) is 3. The summed E-state index contributed by atoms with van der Waals surface area (Å²) in [5.41, 5.74) is 5.16. The minimum Gasteiger partial charge on any atom is -0.464 e. The first kappa shape index (κ1) is 20.3. The molecule has 0 atom stereocenters. The van der Waals surface area contributed by atoms with Crippen LogP contribution >= 0.6 is 11.3 Å². The number of aromatic nitrogens is 3. The first-order valence-electron chi connectivity index (χ1n) is 11.1. The molecule has 0 fully saturated rings. The van der Waals surface area contributed by atoms with E-state index in [9.17, 15) is 0 Å². The molecule has 1 aliphatic heterocycles. The van der Waals surface area contributed by atoms with Gasteiger partial charge in [-0.1, -0.05) is 30.3 Å². The van der Waals surface area contributed by atoms with Gasteiger partial charge in [0.25, 0.3) is 0 Å². The molecule has 0 unspecified atom stereocenters. The molecule has 7 heteroatoms. The molecule has 33 heavy (non-hydrogen) atoms. The van der Waals surface area contributed by atoms with Crippen molar-refractivity contribution >= 4 is 37.6 Å². The average molecular weight is 457 g/mol. The molecule has 4 aromatic heterocycles. The molecule has 0 spiro atoms. The zero-order valence-corrected chi connectivity index (χ0v) is 19.4. The Bertz CT molecular complexity index is 1440. The molecular formula is C26H24N4O2S. The molecule has 0 saturated heterocycles. The molecular weight excluding hydrogens is 432 g/mol. The van der Waals surface area contributed by atoms with Crippen LogP contribution in [0.3, 0.4) is 0 Å². The summed E-state index contributed by atoms with van der Waals surface area (Å²) in [5.74, 6) is 1.66. The molecule has 0 saturated carbocycles. The number of hydrogen-bond donors (Lipinski definition) is 1. The topological polar surface area (TPSA) is 73.1 Å². The fourth-order valence-electron chi connectivity index (χ4n) is 4.50. The smallest absolute Gasteiger partial charge is 0.147 e. The van der Waals surface area contributed by atoms with Gasteiger partial charge in [-0.3, -0.25) is 0 Å². The van der Waals surface area contributed by atoms with Gasteiger partial charge in [0.1, 0.15) is 22.7 Å². The van der Waals surface area contributed by atoms with Gasteiger partial charge in [-0.15, -0.1) is 11.3 Å². The number of nitrogens with one attached hydrogen (secondary N) is 1. The second-order valence-corrected chi connectivity index (χ2v) is 9.96. The van der Waals surface area contributed by atoms with E-state index in [1.54, 1.807) is 23.9 Å². The predicted molar refractivity (Wildman–Crippen MR) is 132 cm³/mol. The van der Waals surface area contributed by atoms with Gasteiger partial charge in [-0.2, -0.15) is 0 Å². The highest BCUT2D eigenvalue weighted by Crippen LogP contribution is 2.44. The molecule has 1 aliphatic rings. The molecule has 1 N–H and O–H groups in total. The minimum atomic E-state index is -0.241. The number of benzene rings is 1. The maximum absolute atomic E-state index is 6.16. The lowest BCUT2D eigenvalue weighted by molar-refractivity contribution is -0.0409. The lowest BCUT2D eigenvalue weighted by atomic mass is 9.91. The van der Waals surface area contributed by atoms with E-state index in [0.29, 0.717) is 6.61 Å². The van der Waals surface area contributed by atoms with Crippen molar-refractivity contribution < 1.29 is 9.15 Å². The van der Waals surface area contributed by atoms with E-state index in [2.05, 4.69) is 53.4 Å². The van der Waals surface area contributed by atoms with Crippen LogP contribution in [0, 0.1) is 0 Å². The minimum absolute atomic E-state index is 0.241. The van der Waals surface area contributed by atoms with E-state index < -0.39 is 0 Å². The molecule has 0 amide bonds. The third-order valence-corrected chi connectivity index (χ3v) is 7.19. The number of furan rings is 1. The Morgan fingerprint density at radius 2 is 1.97 bits per heavy atom. The van der Waals surface area contributed by atoms with Crippen LogP contribution in [-0.4, -0.2) is 27.1 Å². The van der Waals surface area contributed by atoms with Crippen molar-refractivity contribution in [2.45, 2.75) is 38.9 Å². The quantitative estimate of drug-likeness (QED) is 0.349. The van der Waals surface area contributed by atoms with E-state index in [-0.39, 0.29) is 5.60 Å². The first-order chi connectivity index (χ1) is 16.1. The Morgan fingerprint density at radius 3 is 2.79 bits per heavy atom. The van der Waals surface area contributed by atoms with E-state index in [1.807, 2.05) is 18.2 Å². The van der Waals surface area contributed by atoms with Gasteiger partial charge in [0.2, 0.25) is 0 Å². The fourth-order valence-corrected chi connectivity index (χ4v) is 5.62. The van der Waals surface area contributed by atoms with Crippen LogP contribution in [0.1, 0.15) is 30.7 Å². The molecule has 166 valence electrons. The van der Waals surface area contributed by atoms with Crippen molar-refractivity contribution in [2.24, 2.45) is 0 Å². The van der Waals surface area contributed by atoms with E-state index in [0.717, 1.165) is 68.2 Å². The van der Waals surface area contributed by atoms with E-state index >= 15 is 0 Å². The second kappa shape index (κ2) is 7.93. The van der Waals surface area contributed by atoms with Gasteiger partial charge >= 0.3 is 0 Å². The summed E-state index contributed by atoms with van der Waals surface area (Å²) < 4.78 is 13.1. The summed E-state index contributed by atoms with van der Waals surface area (Å²) in [4.78, 5) is 15.3. The van der Waals surface area contributed by atoms with Gasteiger partial charge in [0.05, 0.1) is 34.4 Å². The van der Waals surface area contributed by atoms with Gasteiger partial charge in [-0.25, -0.2) is 15.0 Å². The highest BCUT2D eigenvalue weighted by molar-refractivity contribution is 7.26. The van der Waals surface area contributed by atoms with Crippen LogP contribution < -0.4 is 5.32 Å². The van der Waals surface area contributed by atoms with Crippen LogP contribution in [0.5, 0.6) is 0 Å². The summed E-state index contributed by atoms with van der Waals surface area (Å²) in [5, 5.41) is 4.53. The number of pyridine rings is 1. The Labute approximate surface area is 195 Å². The molecule has 0 aliphatic carbocycles. The highest BCUT2D eigenvalue weighted by Gasteiger charge is 2.32. The summed E-state index contributed by atoms with van der Waals surface area (Å²) in [6.45, 7) is 5.52. The predicted octanol–water partition coefficient (Wildman–Crippen LogP) is 6.01. The summed E-state index contributed by atoms with van der Waals surface area (Å²) >= 11 is 1.64. The standard InChI is InChI=1S/C26H24N4O2S/c1-26(2)13-18-17(14-32-26)20(19-9-6-12-31-19)21-22-23(33-25(21)30-18)24(29-15-28-22)27-11-10-16-7-4-3-5-8-16/h3-9,12,15H,10-11,13-14H2,1-2H3,(H,27,28,29). The lowest BCUT2D eigenvalue weighted by Gasteiger charge is -2.32. The zero-order valence-electron chi connectivity index (χ0n) is 18.6. The number of anilines is 1. The molecule has 6 rings (SSSR count). The van der Waals surface area contributed by atoms with Gasteiger partial charge in [0.15, 0.2) is 0 Å². The molecule has 0 bridgehead atoms. The fraction of sp³-hybridized carbons (Fsp3) is 0.269. The van der Waals surface area contributed by atoms with Gasteiger partial charge in [-0.05, 0) is 38.0 Å². The first-order valence-corrected chi connectivity index (χ1v) is 12.0. The van der Waals surface area contributed by atoms with Crippen LogP contribution in [0.25, 0.3) is 31.8 Å². The van der Waals surface area contributed by atoms with Crippen molar-refractivity contribution in [3.63, 3.8) is 0 Å². The van der Waals surface area contributed by atoms with Crippen molar-refractivity contribution in [1.29, 1.82) is 0 Å². The normalized spacial score (nSPS) is 15.1. The zero-order chi connectivity index (χ0) is 22.4. The maximum atomic E-state index is 6.16. The third-order valence-electron chi connectivity index (χ3n) is 6.11. The lowest BCUT2D eigenvalue weighted by Crippen LogP contribution is -2.32. The SMILES string of the molecule is CC1(C)Cc2nc3sc4c(NCCc5ccccc5)ncnc4c3c(-c3ccco3)c2CO1. The second-order valence-electron chi connectivity index (χ2n) is 8.96. The van der Waals surface area contributed by atoms with Crippen molar-refractivity contribution in [3.8, 4) is 11.3 Å². The summed E-state index contributed by atoms with van der Waals surface area (Å²) in [6.07, 6.45) is 5.02. The summed E-state index contributed by atoms with van der Waals surface area (Å²) in [6, 6.07) is 14.4. The van der Waals surface area contributed by atoms with Gasteiger partial charge in [0, 0.05) is 29.5 Å². The Kier molecular flexibility index (Phi) is 4.89. The molecule has 5 aromatic rings. The van der Waals surface area contributed by atoms with E-state index in [4.69, 9.17) is 14.1 Å². The van der Waals surface area contributed by atoms with E-state index in [1.165, 1.54) is 5.56 Å². The Hall–Kier alpha value is -3.29. The number of hydrogen-bond acceptors (Lipinski definition) is 7. The van der Waals surface area contributed by atoms with Crippen molar-refractivity contribution in [2.75, 3.05) is 11.9 Å². The van der Waals surface area contributed by atoms with Crippen molar-refractivity contribution in [1.82, 2.24) is 15.0 Å². The van der Waals surface area contributed by atoms with Crippen LogP contribution in [0.2, 0.25) is 0 Å². The molecule has 1 aromatic carbocycles. The average Bonchev–Trinajstić information content (AvgIpc) is 3.46. The number of fused-ring (bicyclic) bond motifs is 4. The number of thiophene rings is 1. The molecule has 6 nitrogen and oxygen atoms in total. The molecule has 5 heterocycles. The monoisotopic (exact) mass is 456 g/mol. The maximum Gasteiger partial charge on any atom is 0.147 e. The highest BCUT2D eigenvalue weighted by atomic mass is 32.1. The van der Waals surface area contributed by atoms with Crippen LogP contribution in [-0.2, 0) is 24.2 Å². The van der Waals surface area contributed by atoms with Crippen LogP contribution in [0.4, 0.5) is 5.82 Å². The van der Waals surface area contributed by atoms with Crippen molar-refractivity contribution in [3.05, 3.63) is 71.9 Å². The number of ether oxygens (including phenoxy) is 1. The van der Waals surface area contributed by atoms with Crippen LogP contribution in [0.15, 0.2) is 59.5 Å². The largest absolute Gasteiger partial charge is 0.464 e. The Morgan fingerprint density at radius 1 is 1.09 bits per heavy atom. The number of rotatable bonds is 5. The van der Waals surface area contributed by atoms with Gasteiger partial charge < -0.3 is 14.5 Å². The third kappa shape index (κ3) is 3.67.